The summed E-state index contributed by atoms with van der Waals surface area (Å²) in [6.45, 7) is 3.81. The second kappa shape index (κ2) is 6.39. The minimum absolute atomic E-state index is 0.210. The summed E-state index contributed by atoms with van der Waals surface area (Å²) >= 11 is 0. The van der Waals surface area contributed by atoms with Crippen LogP contribution < -0.4 is 5.32 Å². The highest BCUT2D eigenvalue weighted by molar-refractivity contribution is 5.90. The summed E-state index contributed by atoms with van der Waals surface area (Å²) in [5.41, 5.74) is 2.81. The number of anilines is 1. The van der Waals surface area contributed by atoms with E-state index in [1.165, 1.54) is 13.2 Å². The van der Waals surface area contributed by atoms with E-state index in [0.29, 0.717) is 11.1 Å². The molecule has 4 heteroatoms. The van der Waals surface area contributed by atoms with Crippen LogP contribution in [0.2, 0.25) is 0 Å². The lowest BCUT2D eigenvalue weighted by molar-refractivity contribution is 0.0601. The molecule has 0 spiro atoms. The van der Waals surface area contributed by atoms with Crippen molar-refractivity contribution in [1.82, 2.24) is 0 Å². The van der Waals surface area contributed by atoms with Gasteiger partial charge in [-0.1, -0.05) is 24.3 Å². The first kappa shape index (κ1) is 15.0. The SMILES string of the molecule is COC(=O)c1ccc(C)c(NC(C)c2ccccc2F)c1. The molecule has 1 unspecified atom stereocenters. The number of hydrogen-bond acceptors (Lipinski definition) is 3. The van der Waals surface area contributed by atoms with E-state index in [-0.39, 0.29) is 11.9 Å². The first-order valence-electron chi connectivity index (χ1n) is 6.73. The van der Waals surface area contributed by atoms with Crippen molar-refractivity contribution < 1.29 is 13.9 Å². The van der Waals surface area contributed by atoms with Crippen molar-refractivity contribution in [2.75, 3.05) is 12.4 Å². The molecule has 2 aromatic rings. The fourth-order valence-electron chi connectivity index (χ4n) is 2.16. The standard InChI is InChI=1S/C17H18FNO2/c1-11-8-9-13(17(20)21-3)10-16(11)19-12(2)14-6-4-5-7-15(14)18/h4-10,12,19H,1-3H3. The van der Waals surface area contributed by atoms with E-state index < -0.39 is 5.97 Å². The second-order valence-corrected chi connectivity index (χ2v) is 4.91. The molecule has 21 heavy (non-hydrogen) atoms. The zero-order chi connectivity index (χ0) is 15.4. The molecule has 0 bridgehead atoms. The zero-order valence-corrected chi connectivity index (χ0v) is 12.3. The molecule has 0 saturated carbocycles. The molecule has 0 amide bonds. The number of carbonyl (C=O) groups excluding carboxylic acids is 1. The van der Waals surface area contributed by atoms with Gasteiger partial charge in [0, 0.05) is 11.3 Å². The van der Waals surface area contributed by atoms with Gasteiger partial charge >= 0.3 is 5.97 Å². The lowest BCUT2D eigenvalue weighted by Gasteiger charge is -2.18. The first-order valence-corrected chi connectivity index (χ1v) is 6.73. The van der Waals surface area contributed by atoms with Crippen LogP contribution in [0, 0.1) is 12.7 Å². The highest BCUT2D eigenvalue weighted by Crippen LogP contribution is 2.25. The number of ether oxygens (including phenoxy) is 1. The van der Waals surface area contributed by atoms with Crippen LogP contribution in [0.3, 0.4) is 0 Å². The normalized spacial score (nSPS) is 11.8. The van der Waals surface area contributed by atoms with Gasteiger partial charge in [0.2, 0.25) is 0 Å². The van der Waals surface area contributed by atoms with Gasteiger partial charge in [0.05, 0.1) is 18.7 Å². The van der Waals surface area contributed by atoms with E-state index in [1.807, 2.05) is 19.9 Å². The third kappa shape index (κ3) is 3.40. The highest BCUT2D eigenvalue weighted by Gasteiger charge is 2.13. The molecule has 0 saturated heterocycles. The number of benzene rings is 2. The Morgan fingerprint density at radius 1 is 1.24 bits per heavy atom. The topological polar surface area (TPSA) is 38.3 Å². The van der Waals surface area contributed by atoms with Crippen LogP contribution in [-0.2, 0) is 4.74 Å². The number of esters is 1. The van der Waals surface area contributed by atoms with Gasteiger partial charge < -0.3 is 10.1 Å². The highest BCUT2D eigenvalue weighted by atomic mass is 19.1. The minimum Gasteiger partial charge on any atom is -0.465 e. The quantitative estimate of drug-likeness (QED) is 0.861. The fraction of sp³-hybridized carbons (Fsp3) is 0.235. The van der Waals surface area contributed by atoms with E-state index in [9.17, 15) is 9.18 Å². The minimum atomic E-state index is -0.392. The predicted octanol–water partition coefficient (Wildman–Crippen LogP) is 4.09. The molecule has 0 aliphatic rings. The number of rotatable bonds is 4. The van der Waals surface area contributed by atoms with Crippen LogP contribution in [0.1, 0.15) is 34.5 Å². The monoisotopic (exact) mass is 287 g/mol. The number of aryl methyl sites for hydroxylation is 1. The Labute approximate surface area is 123 Å². The number of nitrogens with one attached hydrogen (secondary N) is 1. The molecular weight excluding hydrogens is 269 g/mol. The van der Waals surface area contributed by atoms with Gasteiger partial charge in [-0.2, -0.15) is 0 Å². The lowest BCUT2D eigenvalue weighted by atomic mass is 10.1. The Hall–Kier alpha value is -2.36. The van der Waals surface area contributed by atoms with Gasteiger partial charge in [0.1, 0.15) is 5.82 Å². The third-order valence-electron chi connectivity index (χ3n) is 3.40. The van der Waals surface area contributed by atoms with Crippen molar-refractivity contribution >= 4 is 11.7 Å². The summed E-state index contributed by atoms with van der Waals surface area (Å²) in [6, 6.07) is 11.7. The van der Waals surface area contributed by atoms with E-state index in [1.54, 1.807) is 30.3 Å². The van der Waals surface area contributed by atoms with E-state index in [0.717, 1.165) is 11.3 Å². The number of carbonyl (C=O) groups is 1. The average molecular weight is 287 g/mol. The molecule has 3 nitrogen and oxygen atoms in total. The summed E-state index contributed by atoms with van der Waals surface area (Å²) in [5, 5.41) is 3.24. The molecule has 0 fully saturated rings. The van der Waals surface area contributed by atoms with Gasteiger partial charge in [-0.15, -0.1) is 0 Å². The van der Waals surface area contributed by atoms with Crippen molar-refractivity contribution in [1.29, 1.82) is 0 Å². The summed E-state index contributed by atoms with van der Waals surface area (Å²) < 4.78 is 18.5. The van der Waals surface area contributed by atoms with Crippen molar-refractivity contribution in [2.45, 2.75) is 19.9 Å². The number of hydrogen-bond donors (Lipinski definition) is 1. The van der Waals surface area contributed by atoms with Gasteiger partial charge in [0.15, 0.2) is 0 Å². The Bertz CT molecular complexity index is 655. The van der Waals surface area contributed by atoms with Crippen molar-refractivity contribution in [3.05, 3.63) is 65.0 Å². The molecule has 0 aliphatic heterocycles. The predicted molar refractivity (Wildman–Crippen MR) is 81.0 cm³/mol. The summed E-state index contributed by atoms with van der Waals surface area (Å²) in [6.07, 6.45) is 0. The molecule has 110 valence electrons. The smallest absolute Gasteiger partial charge is 0.337 e. The van der Waals surface area contributed by atoms with Gasteiger partial charge in [0.25, 0.3) is 0 Å². The maximum absolute atomic E-state index is 13.8. The molecule has 0 radical (unpaired) electrons. The Balaban J connectivity index is 2.27. The van der Waals surface area contributed by atoms with E-state index >= 15 is 0 Å². The van der Waals surface area contributed by atoms with Crippen LogP contribution in [0.4, 0.5) is 10.1 Å². The van der Waals surface area contributed by atoms with Gasteiger partial charge in [-0.3, -0.25) is 0 Å². The summed E-state index contributed by atoms with van der Waals surface area (Å²) in [5.74, 6) is -0.643. The van der Waals surface area contributed by atoms with Crippen LogP contribution in [0.5, 0.6) is 0 Å². The summed E-state index contributed by atoms with van der Waals surface area (Å²) in [4.78, 5) is 11.6. The Morgan fingerprint density at radius 2 is 1.95 bits per heavy atom. The molecule has 1 atom stereocenters. The Kier molecular flexibility index (Phi) is 4.58. The maximum atomic E-state index is 13.8. The summed E-state index contributed by atoms with van der Waals surface area (Å²) in [7, 11) is 1.34. The fourth-order valence-corrected chi connectivity index (χ4v) is 2.16. The zero-order valence-electron chi connectivity index (χ0n) is 12.3. The molecule has 1 N–H and O–H groups in total. The lowest BCUT2D eigenvalue weighted by Crippen LogP contribution is -2.10. The molecule has 0 heterocycles. The molecule has 0 aromatic heterocycles. The van der Waals surface area contributed by atoms with Crippen LogP contribution in [0.25, 0.3) is 0 Å². The molecule has 0 aliphatic carbocycles. The van der Waals surface area contributed by atoms with Crippen LogP contribution in [-0.4, -0.2) is 13.1 Å². The first-order chi connectivity index (χ1) is 10.0. The van der Waals surface area contributed by atoms with Crippen molar-refractivity contribution in [2.24, 2.45) is 0 Å². The molecule has 2 aromatic carbocycles. The van der Waals surface area contributed by atoms with Crippen LogP contribution in [0.15, 0.2) is 42.5 Å². The second-order valence-electron chi connectivity index (χ2n) is 4.91. The van der Waals surface area contributed by atoms with E-state index in [2.05, 4.69) is 5.32 Å². The largest absolute Gasteiger partial charge is 0.465 e. The van der Waals surface area contributed by atoms with Crippen LogP contribution >= 0.6 is 0 Å². The van der Waals surface area contributed by atoms with Crippen molar-refractivity contribution in [3.63, 3.8) is 0 Å². The average Bonchev–Trinajstić information content (AvgIpc) is 2.49. The maximum Gasteiger partial charge on any atom is 0.337 e. The third-order valence-corrected chi connectivity index (χ3v) is 3.40. The number of methoxy groups -OCH3 is 1. The van der Waals surface area contributed by atoms with Gasteiger partial charge in [-0.25, -0.2) is 9.18 Å². The molecule has 2 rings (SSSR count). The number of halogens is 1. The molecular formula is C17H18FNO2. The van der Waals surface area contributed by atoms with Gasteiger partial charge in [-0.05, 0) is 37.6 Å². The Morgan fingerprint density at radius 3 is 2.62 bits per heavy atom. The van der Waals surface area contributed by atoms with Crippen molar-refractivity contribution in [3.8, 4) is 0 Å². The van der Waals surface area contributed by atoms with E-state index in [4.69, 9.17) is 4.74 Å².